The fourth-order valence-corrected chi connectivity index (χ4v) is 3.90. The first kappa shape index (κ1) is 23.7. The van der Waals surface area contributed by atoms with Gasteiger partial charge in [-0.1, -0.05) is 32.1 Å². The quantitative estimate of drug-likeness (QED) is 0.598. The highest BCUT2D eigenvalue weighted by Crippen LogP contribution is 2.29. The first-order valence-electron chi connectivity index (χ1n) is 11.5. The van der Waals surface area contributed by atoms with Crippen molar-refractivity contribution >= 4 is 29.4 Å². The van der Waals surface area contributed by atoms with Crippen LogP contribution in [0.25, 0.3) is 6.08 Å². The zero-order valence-corrected chi connectivity index (χ0v) is 19.3. The molecule has 0 aliphatic carbocycles. The maximum Gasteiger partial charge on any atom is 0.254 e. The Morgan fingerprint density at radius 3 is 2.62 bits per heavy atom. The molecule has 2 aliphatic heterocycles. The predicted molar refractivity (Wildman–Crippen MR) is 128 cm³/mol. The molecule has 0 aromatic heterocycles. The van der Waals surface area contributed by atoms with E-state index in [0.717, 1.165) is 31.5 Å². The number of aliphatic imine (C=N–C) groups is 1. The summed E-state index contributed by atoms with van der Waals surface area (Å²) >= 11 is 0. The van der Waals surface area contributed by atoms with Crippen molar-refractivity contribution in [1.82, 2.24) is 9.80 Å². The van der Waals surface area contributed by atoms with E-state index in [2.05, 4.69) is 18.8 Å². The van der Waals surface area contributed by atoms with E-state index in [1.165, 1.54) is 0 Å². The number of rotatable bonds is 9. The third-order valence-electron chi connectivity index (χ3n) is 5.59. The molecule has 1 aromatic carbocycles. The normalized spacial score (nSPS) is 16.2. The highest BCUT2D eigenvalue weighted by molar-refractivity contribution is 6.06. The van der Waals surface area contributed by atoms with Gasteiger partial charge in [0.1, 0.15) is 5.84 Å². The molecule has 3 rings (SSSR count). The maximum atomic E-state index is 13.1. The van der Waals surface area contributed by atoms with Gasteiger partial charge >= 0.3 is 0 Å². The van der Waals surface area contributed by atoms with Gasteiger partial charge in [-0.05, 0) is 38.0 Å². The minimum Gasteiger partial charge on any atom is -0.387 e. The third kappa shape index (κ3) is 5.65. The highest BCUT2D eigenvalue weighted by atomic mass is 16.5. The van der Waals surface area contributed by atoms with E-state index in [4.69, 9.17) is 10.5 Å². The molecule has 1 saturated heterocycles. The van der Waals surface area contributed by atoms with E-state index < -0.39 is 0 Å². The van der Waals surface area contributed by atoms with Gasteiger partial charge in [-0.25, -0.2) is 4.99 Å². The molecule has 0 unspecified atom stereocenters. The molecule has 32 heavy (non-hydrogen) atoms. The van der Waals surface area contributed by atoms with Gasteiger partial charge in [0.25, 0.3) is 5.91 Å². The average molecular weight is 439 g/mol. The van der Waals surface area contributed by atoms with Gasteiger partial charge in [-0.15, -0.1) is 0 Å². The molecule has 7 heteroatoms. The molecule has 7 nitrogen and oxygen atoms in total. The van der Waals surface area contributed by atoms with Crippen LogP contribution in [0.1, 0.15) is 56.0 Å². The Hall–Kier alpha value is -2.93. The molecule has 2 amide bonds. The summed E-state index contributed by atoms with van der Waals surface area (Å²) < 4.78 is 5.68. The molecular formula is C25H34N4O3. The second-order valence-corrected chi connectivity index (χ2v) is 8.25. The van der Waals surface area contributed by atoms with Crippen molar-refractivity contribution in [2.75, 3.05) is 32.8 Å². The van der Waals surface area contributed by atoms with Gasteiger partial charge in [0.05, 0.1) is 18.4 Å². The van der Waals surface area contributed by atoms with Gasteiger partial charge in [-0.3, -0.25) is 9.59 Å². The number of hydrogen-bond donors (Lipinski definition) is 1. The maximum absolute atomic E-state index is 13.1. The monoisotopic (exact) mass is 438 g/mol. The summed E-state index contributed by atoms with van der Waals surface area (Å²) in [7, 11) is 0. The van der Waals surface area contributed by atoms with Gasteiger partial charge in [0.15, 0.2) is 0 Å². The Labute approximate surface area is 190 Å². The molecule has 172 valence electrons. The van der Waals surface area contributed by atoms with Crippen molar-refractivity contribution in [2.24, 2.45) is 10.7 Å². The number of ether oxygens (including phenoxy) is 1. The molecule has 1 fully saturated rings. The zero-order chi connectivity index (χ0) is 23.1. The Morgan fingerprint density at radius 1 is 1.25 bits per heavy atom. The zero-order valence-electron chi connectivity index (χ0n) is 19.3. The fourth-order valence-electron chi connectivity index (χ4n) is 3.90. The van der Waals surface area contributed by atoms with Crippen LogP contribution in [0.3, 0.4) is 0 Å². The first-order valence-corrected chi connectivity index (χ1v) is 11.5. The number of hydrogen-bond acceptors (Lipinski definition) is 5. The van der Waals surface area contributed by atoms with Crippen LogP contribution in [0.4, 0.5) is 5.69 Å². The van der Waals surface area contributed by atoms with Crippen LogP contribution in [0, 0.1) is 0 Å². The molecule has 1 aromatic rings. The number of likely N-dealkylation sites (tertiary alicyclic amines) is 1. The Morgan fingerprint density at radius 2 is 1.97 bits per heavy atom. The average Bonchev–Trinajstić information content (AvgIpc) is 2.91. The van der Waals surface area contributed by atoms with Crippen LogP contribution in [0.15, 0.2) is 40.9 Å². The Balaban J connectivity index is 1.75. The predicted octanol–water partition coefficient (Wildman–Crippen LogP) is 3.53. The van der Waals surface area contributed by atoms with Crippen LogP contribution >= 0.6 is 0 Å². The lowest BCUT2D eigenvalue weighted by atomic mass is 10.0. The molecule has 0 saturated carbocycles. The smallest absolute Gasteiger partial charge is 0.254 e. The summed E-state index contributed by atoms with van der Waals surface area (Å²) in [6.07, 6.45) is 7.96. The van der Waals surface area contributed by atoms with Crippen molar-refractivity contribution in [3.05, 3.63) is 47.1 Å². The van der Waals surface area contributed by atoms with Gasteiger partial charge in [-0.2, -0.15) is 0 Å². The van der Waals surface area contributed by atoms with Gasteiger partial charge in [0, 0.05) is 49.3 Å². The number of benzene rings is 1. The second-order valence-electron chi connectivity index (χ2n) is 8.25. The molecule has 2 aliphatic rings. The minimum absolute atomic E-state index is 0.00407. The largest absolute Gasteiger partial charge is 0.387 e. The summed E-state index contributed by atoms with van der Waals surface area (Å²) in [5.74, 6) is 0.334. The third-order valence-corrected chi connectivity index (χ3v) is 5.59. The summed E-state index contributed by atoms with van der Waals surface area (Å²) in [6, 6.07) is 5.40. The lowest BCUT2D eigenvalue weighted by molar-refractivity contribution is -0.127. The topological polar surface area (TPSA) is 88.2 Å². The molecular weight excluding hydrogens is 404 g/mol. The van der Waals surface area contributed by atoms with Crippen LogP contribution in [-0.4, -0.2) is 66.3 Å². The summed E-state index contributed by atoms with van der Waals surface area (Å²) in [4.78, 5) is 34.1. The lowest BCUT2D eigenvalue weighted by Gasteiger charge is -2.38. The van der Waals surface area contributed by atoms with Crippen molar-refractivity contribution in [1.29, 1.82) is 0 Å². The number of fused-ring (bicyclic) bond motifs is 1. The van der Waals surface area contributed by atoms with Gasteiger partial charge < -0.3 is 20.3 Å². The Kier molecular flexibility index (Phi) is 8.22. The second kappa shape index (κ2) is 11.1. The van der Waals surface area contributed by atoms with Crippen molar-refractivity contribution < 1.29 is 14.3 Å². The van der Waals surface area contributed by atoms with E-state index in [9.17, 15) is 9.59 Å². The van der Waals surface area contributed by atoms with E-state index in [1.54, 1.807) is 17.0 Å². The number of amidine groups is 1. The molecule has 0 atom stereocenters. The highest BCUT2D eigenvalue weighted by Gasteiger charge is 2.32. The number of nitrogens with zero attached hydrogens (tertiary/aromatic N) is 3. The number of carbonyl (C=O) groups excluding carboxylic acids is 2. The fraction of sp³-hybridized carbons (Fsp3) is 0.480. The molecule has 0 radical (unpaired) electrons. The lowest BCUT2D eigenvalue weighted by Crippen LogP contribution is -2.54. The standard InChI is InChI=1S/C25H34N4O3/c1-4-7-12-32-21-16-29(17-21)24(30)19-9-8-18-13-20(15-23(26)27-22(18)14-19)25(31)28(10-5-2)11-6-3/h4,7-9,13-14,21H,5-6,10-12,15-17H2,1-3H3,(H2,26,27)/b7-4+. The van der Waals surface area contributed by atoms with Crippen LogP contribution in [0.5, 0.6) is 0 Å². The van der Waals surface area contributed by atoms with Crippen molar-refractivity contribution in [2.45, 2.75) is 46.1 Å². The molecule has 0 spiro atoms. The van der Waals surface area contributed by atoms with E-state index in [-0.39, 0.29) is 17.9 Å². The van der Waals surface area contributed by atoms with E-state index >= 15 is 0 Å². The summed E-state index contributed by atoms with van der Waals surface area (Å²) in [6.45, 7) is 9.26. The minimum atomic E-state index is -0.0472. The van der Waals surface area contributed by atoms with E-state index in [0.29, 0.717) is 48.8 Å². The number of amides is 2. The summed E-state index contributed by atoms with van der Waals surface area (Å²) in [5.41, 5.74) is 8.77. The van der Waals surface area contributed by atoms with Crippen LogP contribution < -0.4 is 5.73 Å². The van der Waals surface area contributed by atoms with Crippen molar-refractivity contribution in [3.63, 3.8) is 0 Å². The van der Waals surface area contributed by atoms with Crippen LogP contribution in [-0.2, 0) is 9.53 Å². The summed E-state index contributed by atoms with van der Waals surface area (Å²) in [5, 5.41) is 0. The molecule has 2 N–H and O–H groups in total. The SMILES string of the molecule is C/C=C/COC1CN(C(=O)c2ccc3c(c2)N=C(N)CC(C(=O)N(CCC)CCC)=C3)C1. The van der Waals surface area contributed by atoms with Crippen molar-refractivity contribution in [3.8, 4) is 0 Å². The van der Waals surface area contributed by atoms with Gasteiger partial charge in [0.2, 0.25) is 5.91 Å². The Bertz CT molecular complexity index is 923. The number of allylic oxidation sites excluding steroid dienone is 1. The molecule has 2 heterocycles. The van der Waals surface area contributed by atoms with Crippen LogP contribution in [0.2, 0.25) is 0 Å². The van der Waals surface area contributed by atoms with E-state index in [1.807, 2.05) is 36.1 Å². The number of carbonyl (C=O) groups is 2. The number of nitrogens with two attached hydrogens (primary N) is 1. The first-order chi connectivity index (χ1) is 15.5. The molecule has 0 bridgehead atoms.